The minimum atomic E-state index is -0.483. The molecule has 2 rings (SSSR count). The van der Waals surface area contributed by atoms with Crippen LogP contribution in [0.1, 0.15) is 37.7 Å². The molecule has 0 saturated carbocycles. The van der Waals surface area contributed by atoms with Crippen LogP contribution in [0, 0.1) is 13.8 Å². The fourth-order valence-electron chi connectivity index (χ4n) is 1.85. The van der Waals surface area contributed by atoms with Gasteiger partial charge in [0.2, 0.25) is 0 Å². The summed E-state index contributed by atoms with van der Waals surface area (Å²) in [5, 5.41) is 3.71. The van der Waals surface area contributed by atoms with Gasteiger partial charge in [-0.15, -0.1) is 0 Å². The molecule has 0 unspecified atom stereocenters. The minimum absolute atomic E-state index is 0.102. The Balaban J connectivity index is 2.00. The van der Waals surface area contributed by atoms with E-state index >= 15 is 0 Å². The fourth-order valence-corrected chi connectivity index (χ4v) is 1.85. The molecular weight excluding hydrogens is 274 g/mol. The average Bonchev–Trinajstić information content (AvgIpc) is 2.83. The van der Waals surface area contributed by atoms with Crippen molar-refractivity contribution in [3.8, 4) is 0 Å². The largest absolute Gasteiger partial charge is 0.465 e. The Bertz CT molecular complexity index is 638. The Kier molecular flexibility index (Phi) is 4.37. The smallest absolute Gasteiger partial charge is 0.344 e. The van der Waals surface area contributed by atoms with Crippen LogP contribution >= 0.6 is 0 Å². The molecule has 0 aliphatic carbocycles. The van der Waals surface area contributed by atoms with Crippen LogP contribution in [0.5, 0.6) is 0 Å². The second kappa shape index (κ2) is 6.21. The van der Waals surface area contributed by atoms with Gasteiger partial charge in [-0.05, 0) is 31.5 Å². The Hall–Kier alpha value is -2.63. The van der Waals surface area contributed by atoms with Crippen LogP contribution in [-0.2, 0) is 16.1 Å². The van der Waals surface area contributed by atoms with Crippen molar-refractivity contribution in [3.05, 3.63) is 52.4 Å². The number of esters is 2. The van der Waals surface area contributed by atoms with E-state index in [-0.39, 0.29) is 6.61 Å². The summed E-state index contributed by atoms with van der Waals surface area (Å²) in [4.78, 5) is 23.2. The predicted molar refractivity (Wildman–Crippen MR) is 72.9 cm³/mol. The number of rotatable bonds is 4. The van der Waals surface area contributed by atoms with Crippen LogP contribution in [0.3, 0.4) is 0 Å². The molecule has 0 N–H and O–H groups in total. The highest BCUT2D eigenvalue weighted by Crippen LogP contribution is 2.15. The highest BCUT2D eigenvalue weighted by molar-refractivity contribution is 5.91. The lowest BCUT2D eigenvalue weighted by Crippen LogP contribution is -2.07. The molecule has 0 atom stereocenters. The van der Waals surface area contributed by atoms with Crippen molar-refractivity contribution in [2.24, 2.45) is 0 Å². The van der Waals surface area contributed by atoms with Gasteiger partial charge in [0.05, 0.1) is 18.4 Å². The van der Waals surface area contributed by atoms with Crippen molar-refractivity contribution in [2.75, 3.05) is 7.11 Å². The van der Waals surface area contributed by atoms with Crippen molar-refractivity contribution < 1.29 is 23.6 Å². The molecule has 0 aliphatic heterocycles. The fraction of sp³-hybridized carbons (Fsp3) is 0.267. The van der Waals surface area contributed by atoms with E-state index < -0.39 is 11.9 Å². The van der Waals surface area contributed by atoms with Gasteiger partial charge < -0.3 is 14.0 Å². The van der Waals surface area contributed by atoms with E-state index in [1.54, 1.807) is 38.1 Å². The number of hydrogen-bond acceptors (Lipinski definition) is 6. The number of carbonyl (C=O) groups is 2. The van der Waals surface area contributed by atoms with Gasteiger partial charge in [0.25, 0.3) is 0 Å². The molecule has 6 heteroatoms. The van der Waals surface area contributed by atoms with Crippen molar-refractivity contribution >= 4 is 11.9 Å². The van der Waals surface area contributed by atoms with E-state index in [2.05, 4.69) is 9.89 Å². The van der Waals surface area contributed by atoms with E-state index in [1.807, 2.05) is 0 Å². The molecule has 0 spiro atoms. The first kappa shape index (κ1) is 14.8. The minimum Gasteiger partial charge on any atom is -0.465 e. The SMILES string of the molecule is COC(=O)c1ccc(COC(=O)c2c(C)noc2C)cc1. The molecule has 0 bridgehead atoms. The molecule has 0 amide bonds. The average molecular weight is 289 g/mol. The van der Waals surface area contributed by atoms with E-state index in [9.17, 15) is 9.59 Å². The molecule has 21 heavy (non-hydrogen) atoms. The van der Waals surface area contributed by atoms with E-state index in [0.717, 1.165) is 5.56 Å². The molecular formula is C15H15NO5. The first-order valence-corrected chi connectivity index (χ1v) is 6.30. The Morgan fingerprint density at radius 1 is 1.14 bits per heavy atom. The predicted octanol–water partition coefficient (Wildman–Crippen LogP) is 2.44. The van der Waals surface area contributed by atoms with Gasteiger partial charge in [0.1, 0.15) is 17.9 Å². The molecule has 0 radical (unpaired) electrons. The lowest BCUT2D eigenvalue weighted by atomic mass is 10.1. The normalized spacial score (nSPS) is 10.2. The van der Waals surface area contributed by atoms with Gasteiger partial charge >= 0.3 is 11.9 Å². The van der Waals surface area contributed by atoms with Gasteiger partial charge in [0, 0.05) is 0 Å². The third-order valence-corrected chi connectivity index (χ3v) is 2.98. The molecule has 6 nitrogen and oxygen atoms in total. The number of hydrogen-bond donors (Lipinski definition) is 0. The van der Waals surface area contributed by atoms with Crippen LogP contribution in [0.4, 0.5) is 0 Å². The van der Waals surface area contributed by atoms with Crippen LogP contribution in [0.2, 0.25) is 0 Å². The number of benzene rings is 1. The zero-order valence-electron chi connectivity index (χ0n) is 12.0. The van der Waals surface area contributed by atoms with Crippen molar-refractivity contribution in [3.63, 3.8) is 0 Å². The lowest BCUT2D eigenvalue weighted by Gasteiger charge is -2.05. The van der Waals surface area contributed by atoms with Crippen molar-refractivity contribution in [2.45, 2.75) is 20.5 Å². The third kappa shape index (κ3) is 3.28. The standard InChI is InChI=1S/C15H15NO5/c1-9-13(10(2)21-16-9)15(18)20-8-11-4-6-12(7-5-11)14(17)19-3/h4-7H,8H2,1-3H3. The molecule has 1 heterocycles. The van der Waals surface area contributed by atoms with Crippen LogP contribution < -0.4 is 0 Å². The topological polar surface area (TPSA) is 78.6 Å². The second-order valence-electron chi connectivity index (χ2n) is 4.46. The summed E-state index contributed by atoms with van der Waals surface area (Å²) in [7, 11) is 1.32. The first-order chi connectivity index (χ1) is 10.0. The summed E-state index contributed by atoms with van der Waals surface area (Å²) in [5.41, 5.74) is 2.06. The van der Waals surface area contributed by atoms with Crippen LogP contribution in [-0.4, -0.2) is 24.2 Å². The number of aromatic nitrogens is 1. The van der Waals surface area contributed by atoms with Crippen LogP contribution in [0.15, 0.2) is 28.8 Å². The highest BCUT2D eigenvalue weighted by atomic mass is 16.5. The van der Waals surface area contributed by atoms with Gasteiger partial charge in [0.15, 0.2) is 0 Å². The van der Waals surface area contributed by atoms with Gasteiger partial charge in [-0.3, -0.25) is 0 Å². The monoisotopic (exact) mass is 289 g/mol. The first-order valence-electron chi connectivity index (χ1n) is 6.30. The summed E-state index contributed by atoms with van der Waals surface area (Å²) in [6, 6.07) is 6.63. The zero-order valence-corrected chi connectivity index (χ0v) is 12.0. The molecule has 1 aromatic carbocycles. The van der Waals surface area contributed by atoms with Crippen molar-refractivity contribution in [1.29, 1.82) is 0 Å². The van der Waals surface area contributed by atoms with E-state index in [1.165, 1.54) is 7.11 Å². The van der Waals surface area contributed by atoms with Gasteiger partial charge in [-0.2, -0.15) is 0 Å². The number of aryl methyl sites for hydroxylation is 2. The van der Waals surface area contributed by atoms with Crippen LogP contribution in [0.25, 0.3) is 0 Å². The van der Waals surface area contributed by atoms with E-state index in [4.69, 9.17) is 9.26 Å². The lowest BCUT2D eigenvalue weighted by molar-refractivity contribution is 0.0468. The maximum atomic E-state index is 11.9. The summed E-state index contributed by atoms with van der Waals surface area (Å²) >= 11 is 0. The maximum Gasteiger partial charge on any atom is 0.344 e. The number of carbonyl (C=O) groups excluding carboxylic acids is 2. The summed E-state index contributed by atoms with van der Waals surface area (Å²) in [5.74, 6) is -0.462. The summed E-state index contributed by atoms with van der Waals surface area (Å²) in [6.07, 6.45) is 0. The zero-order chi connectivity index (χ0) is 15.4. The molecule has 0 fully saturated rings. The molecule has 2 aromatic rings. The Morgan fingerprint density at radius 3 is 2.33 bits per heavy atom. The maximum absolute atomic E-state index is 11.9. The molecule has 0 aliphatic rings. The van der Waals surface area contributed by atoms with Crippen molar-refractivity contribution in [1.82, 2.24) is 5.16 Å². The van der Waals surface area contributed by atoms with Gasteiger partial charge in [-0.25, -0.2) is 9.59 Å². The highest BCUT2D eigenvalue weighted by Gasteiger charge is 2.18. The summed E-state index contributed by atoms with van der Waals surface area (Å²) in [6.45, 7) is 3.43. The molecule has 1 aromatic heterocycles. The molecule has 0 saturated heterocycles. The Labute approximate surface area is 121 Å². The van der Waals surface area contributed by atoms with E-state index in [0.29, 0.717) is 22.6 Å². The third-order valence-electron chi connectivity index (χ3n) is 2.98. The number of nitrogens with zero attached hydrogens (tertiary/aromatic N) is 1. The quantitative estimate of drug-likeness (QED) is 0.804. The number of methoxy groups -OCH3 is 1. The second-order valence-corrected chi connectivity index (χ2v) is 4.46. The summed E-state index contributed by atoms with van der Waals surface area (Å²) < 4.78 is 14.7. The Morgan fingerprint density at radius 2 is 1.81 bits per heavy atom. The molecule has 110 valence electrons. The van der Waals surface area contributed by atoms with Gasteiger partial charge in [-0.1, -0.05) is 17.3 Å². The number of ether oxygens (including phenoxy) is 2.